The maximum atomic E-state index is 12.2. The van der Waals surface area contributed by atoms with Gasteiger partial charge in [0.15, 0.2) is 0 Å². The highest BCUT2D eigenvalue weighted by Crippen LogP contribution is 2.19. The van der Waals surface area contributed by atoms with Crippen molar-refractivity contribution in [3.63, 3.8) is 0 Å². The summed E-state index contributed by atoms with van der Waals surface area (Å²) in [5, 5.41) is 11.0. The van der Waals surface area contributed by atoms with Crippen LogP contribution >= 0.6 is 27.7 Å². The van der Waals surface area contributed by atoms with Crippen molar-refractivity contribution in [3.05, 3.63) is 70.0 Å². The van der Waals surface area contributed by atoms with Crippen molar-refractivity contribution in [2.75, 3.05) is 17.7 Å². The Bertz CT molecular complexity index is 991. The van der Waals surface area contributed by atoms with E-state index >= 15 is 0 Å². The first-order chi connectivity index (χ1) is 14.0. The Kier molecular flexibility index (Phi) is 7.42. The minimum Gasteiger partial charge on any atom is -0.462 e. The highest BCUT2D eigenvalue weighted by Gasteiger charge is 2.12. The van der Waals surface area contributed by atoms with Gasteiger partial charge in [-0.15, -0.1) is 10.2 Å². The van der Waals surface area contributed by atoms with Crippen LogP contribution in [0.5, 0.6) is 0 Å². The van der Waals surface area contributed by atoms with E-state index in [0.717, 1.165) is 21.8 Å². The third-order valence-electron chi connectivity index (χ3n) is 3.70. The summed E-state index contributed by atoms with van der Waals surface area (Å²) in [6, 6.07) is 14.4. The molecule has 3 rings (SSSR count). The molecule has 1 aromatic heterocycles. The quantitative estimate of drug-likeness (QED) is 0.382. The largest absolute Gasteiger partial charge is 0.462 e. The summed E-state index contributed by atoms with van der Waals surface area (Å²) >= 11 is 4.54. The standard InChI is InChI=1S/C20H18BrN3O4S/c1-2-27-19(26)14-4-3-5-16(11-14)22-17(25)12-29-20-24-23-18(28-20)10-13-6-8-15(21)9-7-13/h3-9,11H,2,10,12H2,1H3,(H,22,25). The molecule has 1 heterocycles. The Balaban J connectivity index is 1.51. The van der Waals surface area contributed by atoms with E-state index in [0.29, 0.717) is 35.4 Å². The third-order valence-corrected chi connectivity index (χ3v) is 5.05. The van der Waals surface area contributed by atoms with Gasteiger partial charge in [-0.3, -0.25) is 4.79 Å². The van der Waals surface area contributed by atoms with Gasteiger partial charge in [0.05, 0.1) is 24.3 Å². The van der Waals surface area contributed by atoms with Gasteiger partial charge >= 0.3 is 5.97 Å². The molecule has 0 aliphatic heterocycles. The molecule has 9 heteroatoms. The highest BCUT2D eigenvalue weighted by molar-refractivity contribution is 9.10. The second-order valence-corrected chi connectivity index (χ2v) is 7.75. The highest BCUT2D eigenvalue weighted by atomic mass is 79.9. The maximum absolute atomic E-state index is 12.2. The van der Waals surface area contributed by atoms with E-state index in [2.05, 4.69) is 31.4 Å². The molecule has 1 amide bonds. The van der Waals surface area contributed by atoms with E-state index < -0.39 is 5.97 Å². The SMILES string of the molecule is CCOC(=O)c1cccc(NC(=O)CSc2nnc(Cc3ccc(Br)cc3)o2)c1. The minimum atomic E-state index is -0.429. The molecule has 0 saturated carbocycles. The number of anilines is 1. The first-order valence-electron chi connectivity index (χ1n) is 8.80. The zero-order chi connectivity index (χ0) is 20.6. The van der Waals surface area contributed by atoms with Crippen LogP contribution in [0.25, 0.3) is 0 Å². The van der Waals surface area contributed by atoms with E-state index in [-0.39, 0.29) is 11.7 Å². The first-order valence-corrected chi connectivity index (χ1v) is 10.6. The lowest BCUT2D eigenvalue weighted by Gasteiger charge is -2.06. The van der Waals surface area contributed by atoms with Gasteiger partial charge < -0.3 is 14.5 Å². The summed E-state index contributed by atoms with van der Waals surface area (Å²) < 4.78 is 11.5. The van der Waals surface area contributed by atoms with Crippen LogP contribution in [0.4, 0.5) is 5.69 Å². The van der Waals surface area contributed by atoms with E-state index in [1.165, 1.54) is 0 Å². The lowest BCUT2D eigenvalue weighted by Crippen LogP contribution is -2.14. The molecule has 0 bridgehead atoms. The number of nitrogens with zero attached hydrogens (tertiary/aromatic N) is 2. The average Bonchev–Trinajstić information content (AvgIpc) is 3.16. The molecule has 7 nitrogen and oxygen atoms in total. The van der Waals surface area contributed by atoms with Crippen LogP contribution in [0.2, 0.25) is 0 Å². The molecule has 0 aliphatic rings. The van der Waals surface area contributed by atoms with Crippen LogP contribution in [0, 0.1) is 0 Å². The van der Waals surface area contributed by atoms with E-state index in [9.17, 15) is 9.59 Å². The molecule has 0 spiro atoms. The normalized spacial score (nSPS) is 10.6. The molecule has 2 aromatic carbocycles. The lowest BCUT2D eigenvalue weighted by molar-refractivity contribution is -0.113. The predicted molar refractivity (Wildman–Crippen MR) is 113 cm³/mol. The molecule has 0 fully saturated rings. The van der Waals surface area contributed by atoms with E-state index in [1.807, 2.05) is 24.3 Å². The summed E-state index contributed by atoms with van der Waals surface area (Å²) in [5.41, 5.74) is 1.95. The van der Waals surface area contributed by atoms with Crippen molar-refractivity contribution in [1.82, 2.24) is 10.2 Å². The van der Waals surface area contributed by atoms with Crippen LogP contribution in [-0.4, -0.2) is 34.4 Å². The third kappa shape index (κ3) is 6.43. The molecule has 0 saturated heterocycles. The molecular weight excluding hydrogens is 458 g/mol. The van der Waals surface area contributed by atoms with Gasteiger partial charge in [0.1, 0.15) is 0 Å². The van der Waals surface area contributed by atoms with Crippen molar-refractivity contribution >= 4 is 45.3 Å². The number of halogens is 1. The van der Waals surface area contributed by atoms with Gasteiger partial charge in [0, 0.05) is 10.2 Å². The Morgan fingerprint density at radius 2 is 1.97 bits per heavy atom. The zero-order valence-electron chi connectivity index (χ0n) is 15.6. The fourth-order valence-corrected chi connectivity index (χ4v) is 3.25. The Morgan fingerprint density at radius 1 is 1.17 bits per heavy atom. The van der Waals surface area contributed by atoms with Gasteiger partial charge in [0.2, 0.25) is 11.8 Å². The van der Waals surface area contributed by atoms with Crippen molar-refractivity contribution in [3.8, 4) is 0 Å². The van der Waals surface area contributed by atoms with Crippen molar-refractivity contribution in [2.24, 2.45) is 0 Å². The summed E-state index contributed by atoms with van der Waals surface area (Å²) in [5.74, 6) is -0.0908. The number of carbonyl (C=O) groups excluding carboxylic acids is 2. The molecule has 1 N–H and O–H groups in total. The summed E-state index contributed by atoms with van der Waals surface area (Å²) in [6.45, 7) is 2.03. The minimum absolute atomic E-state index is 0.101. The summed E-state index contributed by atoms with van der Waals surface area (Å²) in [7, 11) is 0. The van der Waals surface area contributed by atoms with Crippen LogP contribution in [0.15, 0.2) is 62.6 Å². The second-order valence-electron chi connectivity index (χ2n) is 5.90. The molecule has 0 atom stereocenters. The van der Waals surface area contributed by atoms with Crippen molar-refractivity contribution in [2.45, 2.75) is 18.6 Å². The predicted octanol–water partition coefficient (Wildman–Crippen LogP) is 4.33. The average molecular weight is 476 g/mol. The Morgan fingerprint density at radius 3 is 2.72 bits per heavy atom. The van der Waals surface area contributed by atoms with Gasteiger partial charge in [-0.2, -0.15) is 0 Å². The number of amides is 1. The van der Waals surface area contributed by atoms with Gasteiger partial charge in [-0.25, -0.2) is 4.79 Å². The monoisotopic (exact) mass is 475 g/mol. The molecule has 0 radical (unpaired) electrons. The van der Waals surface area contributed by atoms with Crippen LogP contribution in [0.3, 0.4) is 0 Å². The van der Waals surface area contributed by atoms with Gasteiger partial charge in [0.25, 0.3) is 5.22 Å². The molecule has 0 aliphatic carbocycles. The van der Waals surface area contributed by atoms with E-state index in [1.54, 1.807) is 31.2 Å². The number of carbonyl (C=O) groups is 2. The topological polar surface area (TPSA) is 94.3 Å². The second kappa shape index (κ2) is 10.2. The maximum Gasteiger partial charge on any atom is 0.338 e. The zero-order valence-corrected chi connectivity index (χ0v) is 18.0. The van der Waals surface area contributed by atoms with Crippen LogP contribution in [0.1, 0.15) is 28.7 Å². The number of hydrogen-bond donors (Lipinski definition) is 1. The number of esters is 1. The van der Waals surface area contributed by atoms with Gasteiger partial charge in [-0.05, 0) is 42.8 Å². The number of aromatic nitrogens is 2. The first kappa shape index (κ1) is 21.1. The Labute approximate surface area is 180 Å². The van der Waals surface area contributed by atoms with Gasteiger partial charge in [-0.1, -0.05) is 45.9 Å². The Hall–Kier alpha value is -2.65. The fraction of sp³-hybridized carbons (Fsp3) is 0.200. The molecule has 29 heavy (non-hydrogen) atoms. The molecule has 150 valence electrons. The number of thioether (sulfide) groups is 1. The molecule has 0 unspecified atom stereocenters. The lowest BCUT2D eigenvalue weighted by atomic mass is 10.2. The molecular formula is C20H18BrN3O4S. The number of nitrogens with one attached hydrogen (secondary N) is 1. The fourth-order valence-electron chi connectivity index (χ4n) is 2.41. The number of benzene rings is 2. The number of hydrogen-bond acceptors (Lipinski definition) is 7. The number of ether oxygens (including phenoxy) is 1. The van der Waals surface area contributed by atoms with Crippen molar-refractivity contribution < 1.29 is 18.7 Å². The summed E-state index contributed by atoms with van der Waals surface area (Å²) in [6.07, 6.45) is 0.522. The van der Waals surface area contributed by atoms with Crippen LogP contribution in [-0.2, 0) is 16.0 Å². The van der Waals surface area contributed by atoms with E-state index in [4.69, 9.17) is 9.15 Å². The number of rotatable bonds is 8. The summed E-state index contributed by atoms with van der Waals surface area (Å²) in [4.78, 5) is 24.0. The molecule has 3 aromatic rings. The smallest absolute Gasteiger partial charge is 0.338 e. The van der Waals surface area contributed by atoms with Crippen LogP contribution < -0.4 is 5.32 Å². The van der Waals surface area contributed by atoms with Crippen molar-refractivity contribution in [1.29, 1.82) is 0 Å².